The van der Waals surface area contributed by atoms with Gasteiger partial charge in [-0.1, -0.05) is 6.07 Å². The number of amides is 1. The Balaban J connectivity index is 1.43. The summed E-state index contributed by atoms with van der Waals surface area (Å²) in [6, 6.07) is 5.45. The molecule has 0 aromatic carbocycles. The molecule has 0 bridgehead atoms. The van der Waals surface area contributed by atoms with Gasteiger partial charge in [0.05, 0.1) is 0 Å². The lowest BCUT2D eigenvalue weighted by Crippen LogP contribution is -2.66. The first-order chi connectivity index (χ1) is 11.8. The van der Waals surface area contributed by atoms with E-state index in [-0.39, 0.29) is 0 Å². The summed E-state index contributed by atoms with van der Waals surface area (Å²) in [5.74, 6) is 1.77. The van der Waals surface area contributed by atoms with E-state index in [0.29, 0.717) is 17.9 Å². The predicted molar refractivity (Wildman–Crippen MR) is 97.8 cm³/mol. The minimum atomic E-state index is 0.334. The second-order valence-corrected chi connectivity index (χ2v) is 8.96. The summed E-state index contributed by atoms with van der Waals surface area (Å²) in [7, 11) is 0. The van der Waals surface area contributed by atoms with E-state index in [1.54, 1.807) is 11.3 Å². The van der Waals surface area contributed by atoms with Crippen molar-refractivity contribution in [1.29, 1.82) is 0 Å². The molecule has 5 heterocycles. The van der Waals surface area contributed by atoms with E-state index in [0.717, 1.165) is 30.5 Å². The normalized spacial score (nSPS) is 38.1. The number of fused-ring (bicyclic) bond motifs is 2. The molecule has 4 fully saturated rings. The molecule has 5 rings (SSSR count). The minimum Gasteiger partial charge on any atom is -0.335 e. The molecule has 0 radical (unpaired) electrons. The first-order valence-electron chi connectivity index (χ1n) is 9.60. The van der Waals surface area contributed by atoms with Crippen LogP contribution >= 0.6 is 11.3 Å². The van der Waals surface area contributed by atoms with Crippen LogP contribution in [0.3, 0.4) is 0 Å². The maximum absolute atomic E-state index is 13.2. The van der Waals surface area contributed by atoms with Crippen molar-refractivity contribution >= 4 is 23.3 Å². The number of carbonyl (C=O) groups is 1. The number of carbonyl (C=O) groups excluding carboxylic acids is 1. The zero-order valence-electron chi connectivity index (χ0n) is 14.2. The van der Waals surface area contributed by atoms with Gasteiger partial charge in [-0.3, -0.25) is 9.69 Å². The van der Waals surface area contributed by atoms with E-state index in [2.05, 4.69) is 33.4 Å². The van der Waals surface area contributed by atoms with Crippen molar-refractivity contribution in [3.8, 4) is 0 Å². The van der Waals surface area contributed by atoms with Crippen molar-refractivity contribution in [2.45, 2.75) is 50.6 Å². The fourth-order valence-corrected chi connectivity index (χ4v) is 6.55. The van der Waals surface area contributed by atoms with E-state index in [1.165, 1.54) is 50.1 Å². The van der Waals surface area contributed by atoms with Gasteiger partial charge in [-0.05, 0) is 81.0 Å². The molecule has 0 spiro atoms. The van der Waals surface area contributed by atoms with Gasteiger partial charge in [0.25, 0.3) is 0 Å². The summed E-state index contributed by atoms with van der Waals surface area (Å²) in [5, 5.41) is 2.09. The predicted octanol–water partition coefficient (Wildman–Crippen LogP) is 3.63. The van der Waals surface area contributed by atoms with Crippen LogP contribution in [0, 0.1) is 11.8 Å². The summed E-state index contributed by atoms with van der Waals surface area (Å²) < 4.78 is 0. The Labute approximate surface area is 148 Å². The molecule has 3 nitrogen and oxygen atoms in total. The molecule has 4 atom stereocenters. The van der Waals surface area contributed by atoms with Gasteiger partial charge in [0.2, 0.25) is 5.91 Å². The van der Waals surface area contributed by atoms with Crippen LogP contribution in [0.15, 0.2) is 23.1 Å². The van der Waals surface area contributed by atoms with Crippen molar-refractivity contribution in [3.63, 3.8) is 0 Å². The van der Waals surface area contributed by atoms with Gasteiger partial charge in [0.1, 0.15) is 0 Å². The highest BCUT2D eigenvalue weighted by molar-refractivity contribution is 7.10. The molecule has 1 aromatic heterocycles. The molecular formula is C20H26N2OS. The van der Waals surface area contributed by atoms with E-state index in [1.807, 2.05) is 0 Å². The molecule has 0 saturated carbocycles. The van der Waals surface area contributed by atoms with Crippen LogP contribution < -0.4 is 0 Å². The fraction of sp³-hybridized carbons (Fsp3) is 0.650. The molecule has 4 aliphatic rings. The average Bonchev–Trinajstić information content (AvgIpc) is 3.12. The maximum Gasteiger partial charge on any atom is 0.250 e. The number of piperidine rings is 4. The summed E-state index contributed by atoms with van der Waals surface area (Å²) in [4.78, 5) is 19.4. The molecule has 1 amide bonds. The molecule has 4 aliphatic heterocycles. The second kappa shape index (κ2) is 5.99. The number of hydrogen-bond acceptors (Lipinski definition) is 3. The van der Waals surface area contributed by atoms with Crippen LogP contribution in [-0.4, -0.2) is 47.4 Å². The number of nitrogens with zero attached hydrogens (tertiary/aromatic N) is 2. The van der Waals surface area contributed by atoms with Gasteiger partial charge in [0, 0.05) is 29.1 Å². The van der Waals surface area contributed by atoms with Crippen LogP contribution in [0.25, 0.3) is 6.08 Å². The third kappa shape index (κ3) is 2.38. The Bertz CT molecular complexity index is 651. The van der Waals surface area contributed by atoms with Gasteiger partial charge >= 0.3 is 0 Å². The maximum atomic E-state index is 13.2. The quantitative estimate of drug-likeness (QED) is 0.728. The van der Waals surface area contributed by atoms with Gasteiger partial charge in [-0.2, -0.15) is 0 Å². The zero-order valence-corrected chi connectivity index (χ0v) is 15.0. The fourth-order valence-electron chi connectivity index (χ4n) is 5.87. The van der Waals surface area contributed by atoms with Crippen LogP contribution in [0.5, 0.6) is 0 Å². The van der Waals surface area contributed by atoms with Gasteiger partial charge < -0.3 is 4.90 Å². The summed E-state index contributed by atoms with van der Waals surface area (Å²) in [6.07, 6.45) is 9.57. The Kier molecular flexibility index (Phi) is 3.78. The van der Waals surface area contributed by atoms with Crippen molar-refractivity contribution in [2.75, 3.05) is 19.6 Å². The van der Waals surface area contributed by atoms with Crippen LogP contribution in [0.4, 0.5) is 0 Å². The van der Waals surface area contributed by atoms with Crippen LogP contribution in [0.2, 0.25) is 0 Å². The Hall–Kier alpha value is -1.13. The number of thiophene rings is 1. The summed E-state index contributed by atoms with van der Waals surface area (Å²) in [6.45, 7) is 3.59. The van der Waals surface area contributed by atoms with Crippen molar-refractivity contribution in [2.24, 2.45) is 11.8 Å². The lowest BCUT2D eigenvalue weighted by Gasteiger charge is -2.58. The SMILES string of the molecule is O=C1/C(=C\c2cccs2)CC[C@@H]2[C@H]3CCCN4CCC[C@@H](CN12)[C@@H]34. The highest BCUT2D eigenvalue weighted by Gasteiger charge is 2.51. The molecule has 4 saturated heterocycles. The molecule has 4 heteroatoms. The second-order valence-electron chi connectivity index (χ2n) is 7.98. The zero-order chi connectivity index (χ0) is 16.1. The highest BCUT2D eigenvalue weighted by Crippen LogP contribution is 2.45. The van der Waals surface area contributed by atoms with Crippen molar-refractivity contribution < 1.29 is 4.79 Å². The van der Waals surface area contributed by atoms with Gasteiger partial charge in [-0.25, -0.2) is 0 Å². The monoisotopic (exact) mass is 342 g/mol. The van der Waals surface area contributed by atoms with Crippen molar-refractivity contribution in [3.05, 3.63) is 28.0 Å². The average molecular weight is 343 g/mol. The number of rotatable bonds is 1. The van der Waals surface area contributed by atoms with E-state index < -0.39 is 0 Å². The molecule has 0 aliphatic carbocycles. The first-order valence-corrected chi connectivity index (χ1v) is 10.5. The molecule has 0 N–H and O–H groups in total. The highest BCUT2D eigenvalue weighted by atomic mass is 32.1. The third-order valence-electron chi connectivity index (χ3n) is 6.78. The third-order valence-corrected chi connectivity index (χ3v) is 7.60. The molecule has 0 unspecified atom stereocenters. The molecular weight excluding hydrogens is 316 g/mol. The van der Waals surface area contributed by atoms with Crippen LogP contribution in [-0.2, 0) is 4.79 Å². The largest absolute Gasteiger partial charge is 0.335 e. The smallest absolute Gasteiger partial charge is 0.250 e. The van der Waals surface area contributed by atoms with E-state index in [9.17, 15) is 4.79 Å². The van der Waals surface area contributed by atoms with Crippen molar-refractivity contribution in [1.82, 2.24) is 9.80 Å². The van der Waals surface area contributed by atoms with Gasteiger partial charge in [-0.15, -0.1) is 11.3 Å². The van der Waals surface area contributed by atoms with Crippen LogP contribution in [0.1, 0.15) is 43.4 Å². The molecule has 1 aromatic rings. The topological polar surface area (TPSA) is 23.6 Å². The lowest BCUT2D eigenvalue weighted by molar-refractivity contribution is -0.145. The van der Waals surface area contributed by atoms with Gasteiger partial charge in [0.15, 0.2) is 0 Å². The standard InChI is InChI=1S/C20H26N2OS/c23-20-14(12-16-5-3-11-24-16)7-8-18-17-6-2-10-21-9-1-4-15(19(17)21)13-22(18)20/h3,5,11-12,15,17-19H,1-2,4,6-10,13H2/b14-12-/t15-,17+,18+,19-/m0/s1. The Morgan fingerprint density at radius 3 is 2.88 bits per heavy atom. The Morgan fingerprint density at radius 2 is 2.04 bits per heavy atom. The minimum absolute atomic E-state index is 0.334. The van der Waals surface area contributed by atoms with E-state index in [4.69, 9.17) is 0 Å². The molecule has 128 valence electrons. The number of hydrogen-bond donors (Lipinski definition) is 0. The first kappa shape index (κ1) is 15.2. The Morgan fingerprint density at radius 1 is 1.17 bits per heavy atom. The van der Waals surface area contributed by atoms with E-state index >= 15 is 0 Å². The lowest BCUT2D eigenvalue weighted by atomic mass is 9.67. The molecule has 24 heavy (non-hydrogen) atoms. The summed E-state index contributed by atoms with van der Waals surface area (Å²) >= 11 is 1.73. The summed E-state index contributed by atoms with van der Waals surface area (Å²) in [5.41, 5.74) is 1.04.